The molecule has 0 amide bonds. The fourth-order valence-electron chi connectivity index (χ4n) is 2.69. The number of halogens is 2. The van der Waals surface area contributed by atoms with E-state index in [1.54, 1.807) is 6.07 Å². The summed E-state index contributed by atoms with van der Waals surface area (Å²) in [5.74, 6) is 1.70. The third-order valence-electron chi connectivity index (χ3n) is 3.94. The Hall–Kier alpha value is -2.29. The van der Waals surface area contributed by atoms with Gasteiger partial charge in [0.2, 0.25) is 5.88 Å². The van der Waals surface area contributed by atoms with Crippen molar-refractivity contribution in [1.29, 1.82) is 0 Å². The van der Waals surface area contributed by atoms with Crippen LogP contribution >= 0.6 is 0 Å². The van der Waals surface area contributed by atoms with Crippen LogP contribution in [0, 0.1) is 0 Å². The Kier molecular flexibility index (Phi) is 5.19. The molecule has 7 nitrogen and oxygen atoms in total. The molecule has 2 aromatic rings. The number of imidazole rings is 1. The van der Waals surface area contributed by atoms with Gasteiger partial charge in [-0.25, -0.2) is 4.98 Å². The fourth-order valence-corrected chi connectivity index (χ4v) is 2.69. The molecule has 0 spiro atoms. The SMILES string of the molecule is CCOc1ccc(N2CCN(Cc3nccn3C(F)F)CC2)nn1. The van der Waals surface area contributed by atoms with Gasteiger partial charge in [-0.15, -0.1) is 10.2 Å². The summed E-state index contributed by atoms with van der Waals surface area (Å²) in [6.45, 7) is 3.35. The molecule has 0 atom stereocenters. The van der Waals surface area contributed by atoms with Crippen LogP contribution < -0.4 is 9.64 Å². The highest BCUT2D eigenvalue weighted by atomic mass is 19.3. The van der Waals surface area contributed by atoms with Crippen LogP contribution in [0.15, 0.2) is 24.5 Å². The quantitative estimate of drug-likeness (QED) is 0.800. The van der Waals surface area contributed by atoms with Crippen molar-refractivity contribution in [2.24, 2.45) is 0 Å². The van der Waals surface area contributed by atoms with Crippen molar-refractivity contribution in [3.63, 3.8) is 0 Å². The van der Waals surface area contributed by atoms with Crippen LogP contribution in [-0.2, 0) is 6.54 Å². The number of aromatic nitrogens is 4. The lowest BCUT2D eigenvalue weighted by Crippen LogP contribution is -2.46. The topological polar surface area (TPSA) is 59.3 Å². The smallest absolute Gasteiger partial charge is 0.319 e. The summed E-state index contributed by atoms with van der Waals surface area (Å²) in [6.07, 6.45) is 2.72. The summed E-state index contributed by atoms with van der Waals surface area (Å²) in [4.78, 5) is 8.26. The summed E-state index contributed by atoms with van der Waals surface area (Å²) in [5.41, 5.74) is 0. The van der Waals surface area contributed by atoms with Gasteiger partial charge in [-0.2, -0.15) is 8.78 Å². The minimum absolute atomic E-state index is 0.388. The Morgan fingerprint density at radius 2 is 1.96 bits per heavy atom. The van der Waals surface area contributed by atoms with Crippen LogP contribution in [0.2, 0.25) is 0 Å². The molecule has 130 valence electrons. The molecule has 0 unspecified atom stereocenters. The van der Waals surface area contributed by atoms with Gasteiger partial charge in [0.05, 0.1) is 13.2 Å². The zero-order valence-corrected chi connectivity index (χ0v) is 13.5. The summed E-state index contributed by atoms with van der Waals surface area (Å²) in [5, 5.41) is 8.21. The van der Waals surface area contributed by atoms with Gasteiger partial charge in [-0.3, -0.25) is 9.47 Å². The number of piperazine rings is 1. The molecule has 3 rings (SSSR count). The van der Waals surface area contributed by atoms with E-state index in [1.165, 1.54) is 12.4 Å². The molecule has 3 heterocycles. The van der Waals surface area contributed by atoms with Crippen molar-refractivity contribution in [3.8, 4) is 5.88 Å². The second kappa shape index (κ2) is 7.52. The third kappa shape index (κ3) is 3.78. The maximum absolute atomic E-state index is 12.9. The Labute approximate surface area is 138 Å². The number of anilines is 1. The van der Waals surface area contributed by atoms with Crippen LogP contribution in [0.3, 0.4) is 0 Å². The fraction of sp³-hybridized carbons (Fsp3) is 0.533. The van der Waals surface area contributed by atoms with Crippen molar-refractivity contribution >= 4 is 5.82 Å². The van der Waals surface area contributed by atoms with E-state index in [4.69, 9.17) is 4.74 Å². The van der Waals surface area contributed by atoms with Crippen molar-refractivity contribution < 1.29 is 13.5 Å². The van der Waals surface area contributed by atoms with Gasteiger partial charge in [-0.1, -0.05) is 0 Å². The Balaban J connectivity index is 1.54. The molecule has 0 aliphatic carbocycles. The number of rotatable bonds is 6. The first-order valence-corrected chi connectivity index (χ1v) is 7.91. The molecule has 1 aliphatic heterocycles. The largest absolute Gasteiger partial charge is 0.477 e. The van der Waals surface area contributed by atoms with E-state index in [0.717, 1.165) is 36.6 Å². The Morgan fingerprint density at radius 1 is 1.17 bits per heavy atom. The van der Waals surface area contributed by atoms with Crippen LogP contribution in [0.1, 0.15) is 19.3 Å². The Bertz CT molecular complexity index is 640. The summed E-state index contributed by atoms with van der Waals surface area (Å²) in [6, 6.07) is 3.69. The maximum Gasteiger partial charge on any atom is 0.319 e. The third-order valence-corrected chi connectivity index (χ3v) is 3.94. The predicted octanol–water partition coefficient (Wildman–Crippen LogP) is 1.79. The predicted molar refractivity (Wildman–Crippen MR) is 84.2 cm³/mol. The summed E-state index contributed by atoms with van der Waals surface area (Å²) < 4.78 is 31.9. The van der Waals surface area contributed by atoms with Crippen molar-refractivity contribution in [3.05, 3.63) is 30.4 Å². The zero-order chi connectivity index (χ0) is 16.9. The number of alkyl halides is 2. The Morgan fingerprint density at radius 3 is 2.58 bits per heavy atom. The minimum Gasteiger partial charge on any atom is -0.477 e. The average Bonchev–Trinajstić information content (AvgIpc) is 3.05. The highest BCUT2D eigenvalue weighted by molar-refractivity contribution is 5.38. The van der Waals surface area contributed by atoms with E-state index in [2.05, 4.69) is 25.0 Å². The van der Waals surface area contributed by atoms with E-state index in [0.29, 0.717) is 24.9 Å². The van der Waals surface area contributed by atoms with Crippen LogP contribution in [-0.4, -0.2) is 57.4 Å². The summed E-state index contributed by atoms with van der Waals surface area (Å²) in [7, 11) is 0. The first-order valence-electron chi connectivity index (χ1n) is 7.91. The zero-order valence-electron chi connectivity index (χ0n) is 13.5. The molecule has 0 bridgehead atoms. The second-order valence-corrected chi connectivity index (χ2v) is 5.45. The van der Waals surface area contributed by atoms with E-state index < -0.39 is 6.55 Å². The molecule has 24 heavy (non-hydrogen) atoms. The molecule has 1 saturated heterocycles. The van der Waals surface area contributed by atoms with Gasteiger partial charge < -0.3 is 9.64 Å². The molecule has 2 aromatic heterocycles. The first-order chi connectivity index (χ1) is 11.7. The lowest BCUT2D eigenvalue weighted by molar-refractivity contribution is 0.0636. The van der Waals surface area contributed by atoms with Crippen LogP contribution in [0.5, 0.6) is 5.88 Å². The van der Waals surface area contributed by atoms with E-state index in [-0.39, 0.29) is 0 Å². The van der Waals surface area contributed by atoms with Crippen LogP contribution in [0.4, 0.5) is 14.6 Å². The average molecular weight is 338 g/mol. The van der Waals surface area contributed by atoms with Gasteiger partial charge in [0, 0.05) is 44.6 Å². The lowest BCUT2D eigenvalue weighted by Gasteiger charge is -2.34. The standard InChI is InChI=1S/C15H20F2N6O/c1-2-24-14-4-3-12(19-20-14)22-9-7-21(8-10-22)11-13-18-5-6-23(13)15(16)17/h3-6,15H,2,7-11H2,1H3. The molecule has 0 saturated carbocycles. The molecular formula is C15H20F2N6O. The number of nitrogens with zero attached hydrogens (tertiary/aromatic N) is 6. The molecule has 1 fully saturated rings. The van der Waals surface area contributed by atoms with Crippen LogP contribution in [0.25, 0.3) is 0 Å². The van der Waals surface area contributed by atoms with Gasteiger partial charge in [0.15, 0.2) is 5.82 Å². The monoisotopic (exact) mass is 338 g/mol. The molecule has 0 N–H and O–H groups in total. The van der Waals surface area contributed by atoms with Gasteiger partial charge >= 0.3 is 6.55 Å². The number of hydrogen-bond acceptors (Lipinski definition) is 6. The van der Waals surface area contributed by atoms with Crippen molar-refractivity contribution in [2.75, 3.05) is 37.7 Å². The van der Waals surface area contributed by atoms with E-state index >= 15 is 0 Å². The molecule has 0 radical (unpaired) electrons. The van der Waals surface area contributed by atoms with Gasteiger partial charge in [0.25, 0.3) is 0 Å². The van der Waals surface area contributed by atoms with E-state index in [9.17, 15) is 8.78 Å². The first kappa shape index (κ1) is 16.6. The molecule has 0 aromatic carbocycles. The minimum atomic E-state index is -2.55. The van der Waals surface area contributed by atoms with Gasteiger partial charge in [0.1, 0.15) is 5.82 Å². The highest BCUT2D eigenvalue weighted by Crippen LogP contribution is 2.18. The highest BCUT2D eigenvalue weighted by Gasteiger charge is 2.21. The molecule has 1 aliphatic rings. The number of hydrogen-bond donors (Lipinski definition) is 0. The normalized spacial score (nSPS) is 15.9. The van der Waals surface area contributed by atoms with Crippen molar-refractivity contribution in [1.82, 2.24) is 24.6 Å². The van der Waals surface area contributed by atoms with E-state index in [1.807, 2.05) is 13.0 Å². The molecular weight excluding hydrogens is 318 g/mol. The van der Waals surface area contributed by atoms with Gasteiger partial charge in [-0.05, 0) is 13.0 Å². The second-order valence-electron chi connectivity index (χ2n) is 5.45. The number of ether oxygens (including phenoxy) is 1. The van der Waals surface area contributed by atoms with Crippen molar-refractivity contribution in [2.45, 2.75) is 20.0 Å². The maximum atomic E-state index is 12.9. The summed E-state index contributed by atoms with van der Waals surface area (Å²) >= 11 is 0. The molecule has 9 heteroatoms. The lowest BCUT2D eigenvalue weighted by atomic mass is 10.3.